The number of rotatable bonds is 8. The molecule has 6 rings (SSSR count). The minimum Gasteiger partial charge on any atom is -0.359 e. The Kier molecular flexibility index (Phi) is 7.86. The van der Waals surface area contributed by atoms with Gasteiger partial charge in [-0.05, 0) is 59.2 Å². The summed E-state index contributed by atoms with van der Waals surface area (Å²) in [6, 6.07) is 25.8. The average Bonchev–Trinajstić information content (AvgIpc) is 3.40. The summed E-state index contributed by atoms with van der Waals surface area (Å²) in [5.74, 6) is 0.0499. The standard InChI is InChI=1S/C39H42N4O2/c1-38(2)32(42(24-22-34(44)40-5)30-20-18-26-12-7-9-14-28(26)36(30)38)16-11-17-33-39(3,4)37-29-15-10-8-13-27(29)19-21-31(37)43(33)25-23-35(45)41-6/h7-21H,22-25H2,1-6H3,(H-,40,41,44,45)/p+1. The van der Waals surface area contributed by atoms with Crippen molar-refractivity contribution >= 4 is 50.4 Å². The normalized spacial score (nSPS) is 17.4. The molecule has 6 heteroatoms. The molecule has 2 heterocycles. The van der Waals surface area contributed by atoms with E-state index < -0.39 is 0 Å². The second-order valence-corrected chi connectivity index (χ2v) is 13.1. The topological polar surface area (TPSA) is 64.5 Å². The molecule has 0 spiro atoms. The van der Waals surface area contributed by atoms with Gasteiger partial charge in [0.05, 0.1) is 11.8 Å². The quantitative estimate of drug-likeness (QED) is 0.217. The highest BCUT2D eigenvalue weighted by molar-refractivity contribution is 6.08. The summed E-state index contributed by atoms with van der Waals surface area (Å²) >= 11 is 0. The van der Waals surface area contributed by atoms with Crippen molar-refractivity contribution in [1.29, 1.82) is 0 Å². The number of carbonyl (C=O) groups is 2. The second kappa shape index (κ2) is 11.7. The molecule has 2 amide bonds. The number of anilines is 1. The van der Waals surface area contributed by atoms with E-state index in [-0.39, 0.29) is 22.6 Å². The van der Waals surface area contributed by atoms with Crippen molar-refractivity contribution in [3.63, 3.8) is 0 Å². The predicted molar refractivity (Wildman–Crippen MR) is 186 cm³/mol. The van der Waals surface area contributed by atoms with Crippen LogP contribution in [0.5, 0.6) is 0 Å². The first kappa shape index (κ1) is 30.3. The molecule has 4 aromatic rings. The van der Waals surface area contributed by atoms with Crippen LogP contribution in [0.4, 0.5) is 11.4 Å². The molecule has 0 atom stereocenters. The number of carbonyl (C=O) groups excluding carboxylic acids is 2. The van der Waals surface area contributed by atoms with Crippen LogP contribution in [-0.4, -0.2) is 49.3 Å². The third kappa shape index (κ3) is 5.12. The molecule has 2 aliphatic rings. The predicted octanol–water partition coefficient (Wildman–Crippen LogP) is 6.88. The summed E-state index contributed by atoms with van der Waals surface area (Å²) < 4.78 is 2.32. The van der Waals surface area contributed by atoms with Crippen LogP contribution in [0.3, 0.4) is 0 Å². The van der Waals surface area contributed by atoms with Crippen molar-refractivity contribution in [3.05, 3.63) is 108 Å². The Morgan fingerprint density at radius 3 is 2.02 bits per heavy atom. The summed E-state index contributed by atoms with van der Waals surface area (Å²) in [4.78, 5) is 27.1. The monoisotopic (exact) mass is 599 g/mol. The molecule has 0 radical (unpaired) electrons. The van der Waals surface area contributed by atoms with Gasteiger partial charge in [-0.25, -0.2) is 0 Å². The van der Waals surface area contributed by atoms with Gasteiger partial charge in [-0.15, -0.1) is 0 Å². The first-order valence-electron chi connectivity index (χ1n) is 15.9. The van der Waals surface area contributed by atoms with Crippen molar-refractivity contribution in [1.82, 2.24) is 10.6 Å². The van der Waals surface area contributed by atoms with Crippen molar-refractivity contribution < 1.29 is 14.2 Å². The van der Waals surface area contributed by atoms with Gasteiger partial charge in [0.25, 0.3) is 0 Å². The SMILES string of the molecule is CNC(=O)CCN1/C(=C/C=C/C2=[N+](CCC(=O)NC)c3ccc4ccccc4c3C2(C)C)C(C)(C)c2c1ccc1ccccc21. The third-order valence-electron chi connectivity index (χ3n) is 9.70. The summed E-state index contributed by atoms with van der Waals surface area (Å²) in [7, 11) is 3.38. The Balaban J connectivity index is 1.46. The largest absolute Gasteiger partial charge is 0.359 e. The van der Waals surface area contributed by atoms with E-state index in [1.54, 1.807) is 14.1 Å². The molecule has 0 fully saturated rings. The van der Waals surface area contributed by atoms with Gasteiger partial charge in [-0.3, -0.25) is 9.59 Å². The highest BCUT2D eigenvalue weighted by Crippen LogP contribution is 2.51. The first-order chi connectivity index (χ1) is 21.6. The summed E-state index contributed by atoms with van der Waals surface area (Å²) in [6.45, 7) is 10.3. The molecule has 2 N–H and O–H groups in total. The zero-order valence-corrected chi connectivity index (χ0v) is 27.2. The van der Waals surface area contributed by atoms with Gasteiger partial charge < -0.3 is 15.5 Å². The fourth-order valence-corrected chi connectivity index (χ4v) is 7.46. The van der Waals surface area contributed by atoms with Crippen LogP contribution in [0.2, 0.25) is 0 Å². The number of hydrogen-bond acceptors (Lipinski definition) is 3. The smallest absolute Gasteiger partial charge is 0.226 e. The number of nitrogens with one attached hydrogen (secondary N) is 2. The molecule has 0 saturated heterocycles. The maximum Gasteiger partial charge on any atom is 0.226 e. The molecule has 0 aliphatic carbocycles. The Hall–Kier alpha value is -4.71. The number of amides is 2. The molecule has 0 saturated carbocycles. The van der Waals surface area contributed by atoms with Gasteiger partial charge in [0, 0.05) is 61.6 Å². The first-order valence-corrected chi connectivity index (χ1v) is 15.9. The lowest BCUT2D eigenvalue weighted by atomic mass is 9.79. The number of nitrogens with zero attached hydrogens (tertiary/aromatic N) is 2. The van der Waals surface area contributed by atoms with E-state index in [1.807, 2.05) is 0 Å². The van der Waals surface area contributed by atoms with E-state index >= 15 is 0 Å². The number of fused-ring (bicyclic) bond motifs is 6. The minimum absolute atomic E-state index is 0.0250. The van der Waals surface area contributed by atoms with Crippen molar-refractivity contribution in [2.75, 3.05) is 32.1 Å². The van der Waals surface area contributed by atoms with E-state index in [1.165, 1.54) is 32.7 Å². The van der Waals surface area contributed by atoms with Crippen molar-refractivity contribution in [3.8, 4) is 0 Å². The lowest BCUT2D eigenvalue weighted by Gasteiger charge is -2.27. The molecule has 0 unspecified atom stereocenters. The maximum atomic E-state index is 12.4. The fraction of sp³-hybridized carbons (Fsp3) is 0.308. The lowest BCUT2D eigenvalue weighted by Crippen LogP contribution is -2.30. The highest BCUT2D eigenvalue weighted by atomic mass is 16.2. The average molecular weight is 600 g/mol. The van der Waals surface area contributed by atoms with Crippen LogP contribution in [0.1, 0.15) is 51.7 Å². The number of benzene rings is 4. The van der Waals surface area contributed by atoms with Crippen molar-refractivity contribution in [2.45, 2.75) is 51.4 Å². The summed E-state index contributed by atoms with van der Waals surface area (Å²) in [6.07, 6.45) is 7.41. The Bertz CT molecular complexity index is 1930. The van der Waals surface area contributed by atoms with Gasteiger partial charge in [0.2, 0.25) is 17.5 Å². The van der Waals surface area contributed by atoms with E-state index in [9.17, 15) is 9.59 Å². The number of hydrogen-bond donors (Lipinski definition) is 2. The number of allylic oxidation sites excluding steroid dienone is 4. The highest BCUT2D eigenvalue weighted by Gasteiger charge is 2.46. The molecule has 0 bridgehead atoms. The molecule has 4 aromatic carbocycles. The van der Waals surface area contributed by atoms with Crippen LogP contribution in [0, 0.1) is 0 Å². The van der Waals surface area contributed by atoms with Crippen LogP contribution < -0.4 is 15.5 Å². The molecular formula is C39H43N4O2+. The van der Waals surface area contributed by atoms with Gasteiger partial charge in [-0.2, -0.15) is 4.58 Å². The Labute approximate surface area is 266 Å². The van der Waals surface area contributed by atoms with E-state index in [2.05, 4.69) is 139 Å². The minimum atomic E-state index is -0.281. The molecule has 6 nitrogen and oxygen atoms in total. The summed E-state index contributed by atoms with van der Waals surface area (Å²) in [5, 5.41) is 10.5. The lowest BCUT2D eigenvalue weighted by molar-refractivity contribution is -0.436. The molecular weight excluding hydrogens is 556 g/mol. The van der Waals surface area contributed by atoms with Crippen LogP contribution in [0.25, 0.3) is 21.5 Å². The fourth-order valence-electron chi connectivity index (χ4n) is 7.46. The van der Waals surface area contributed by atoms with Gasteiger partial charge in [0.15, 0.2) is 12.3 Å². The van der Waals surface area contributed by atoms with E-state index in [0.717, 1.165) is 22.8 Å². The zero-order chi connectivity index (χ0) is 31.9. The maximum absolute atomic E-state index is 12.4. The summed E-state index contributed by atoms with van der Waals surface area (Å²) in [5.41, 5.74) is 6.64. The van der Waals surface area contributed by atoms with Crippen LogP contribution >= 0.6 is 0 Å². The van der Waals surface area contributed by atoms with E-state index in [4.69, 9.17) is 0 Å². The molecule has 0 aromatic heterocycles. The Morgan fingerprint density at radius 1 is 0.756 bits per heavy atom. The van der Waals surface area contributed by atoms with E-state index in [0.29, 0.717) is 25.9 Å². The second-order valence-electron chi connectivity index (χ2n) is 13.1. The van der Waals surface area contributed by atoms with Gasteiger partial charge >= 0.3 is 0 Å². The van der Waals surface area contributed by atoms with Crippen LogP contribution in [-0.2, 0) is 20.4 Å². The zero-order valence-electron chi connectivity index (χ0n) is 27.2. The van der Waals surface area contributed by atoms with Crippen molar-refractivity contribution in [2.24, 2.45) is 0 Å². The van der Waals surface area contributed by atoms with Gasteiger partial charge in [-0.1, -0.05) is 74.5 Å². The third-order valence-corrected chi connectivity index (χ3v) is 9.70. The Morgan fingerprint density at radius 2 is 1.36 bits per heavy atom. The van der Waals surface area contributed by atoms with Crippen LogP contribution in [0.15, 0.2) is 96.7 Å². The molecule has 45 heavy (non-hydrogen) atoms. The molecule has 230 valence electrons. The molecule has 2 aliphatic heterocycles. The van der Waals surface area contributed by atoms with Gasteiger partial charge in [0.1, 0.15) is 0 Å².